The van der Waals surface area contributed by atoms with Crippen molar-refractivity contribution >= 4 is 63.1 Å². The summed E-state index contributed by atoms with van der Waals surface area (Å²) in [6, 6.07) is 1.84. The molecule has 0 saturated carbocycles. The summed E-state index contributed by atoms with van der Waals surface area (Å²) in [5.41, 5.74) is 0.0438. The van der Waals surface area contributed by atoms with Crippen molar-refractivity contribution in [3.8, 4) is 6.07 Å². The van der Waals surface area contributed by atoms with Crippen molar-refractivity contribution in [3.05, 3.63) is 36.5 Å². The predicted molar refractivity (Wildman–Crippen MR) is 95.6 cm³/mol. The van der Waals surface area contributed by atoms with Gasteiger partial charge in [0.15, 0.2) is 0 Å². The summed E-state index contributed by atoms with van der Waals surface area (Å²) in [6.45, 7) is 9.35. The lowest BCUT2D eigenvalue weighted by Gasteiger charge is -2.31. The fourth-order valence-electron chi connectivity index (χ4n) is 1.27. The second-order valence-electron chi connectivity index (χ2n) is 3.75. The number of carbonyl (C=O) groups is 1. The zero-order valence-electron chi connectivity index (χ0n) is 10.9. The summed E-state index contributed by atoms with van der Waals surface area (Å²) in [5, 5.41) is 9.30. The highest BCUT2D eigenvalue weighted by Gasteiger charge is 2.40. The molecule has 0 amide bonds. The molecule has 0 radical (unpaired) electrons. The number of rotatable bonds is 7. The Morgan fingerprint density at radius 3 is 2.10 bits per heavy atom. The summed E-state index contributed by atoms with van der Waals surface area (Å²) in [7, 11) is 0. The molecule has 2 atom stereocenters. The van der Waals surface area contributed by atoms with Crippen molar-refractivity contribution in [3.63, 3.8) is 0 Å². The normalized spacial score (nSPS) is 16.0. The Bertz CT molecular complexity index is 457. The number of hydrogen-bond acceptors (Lipinski definition) is 5. The van der Waals surface area contributed by atoms with Crippen LogP contribution in [-0.4, -0.2) is 19.9 Å². The number of alkyl halides is 2. The zero-order valence-corrected chi connectivity index (χ0v) is 15.9. The molecule has 0 aliphatic heterocycles. The smallest absolute Gasteiger partial charge is 0.349 e. The van der Waals surface area contributed by atoms with Gasteiger partial charge in [0, 0.05) is 5.57 Å². The maximum Gasteiger partial charge on any atom is 0.349 e. The van der Waals surface area contributed by atoms with E-state index in [4.69, 9.17) is 4.74 Å². The first kappa shape index (κ1) is 19.8. The molecule has 0 aromatic rings. The highest BCUT2D eigenvalue weighted by Crippen LogP contribution is 2.47. The Morgan fingerprint density at radius 1 is 1.35 bits per heavy atom. The molecule has 0 heterocycles. The van der Waals surface area contributed by atoms with Crippen LogP contribution in [0.2, 0.25) is 0 Å². The Kier molecular flexibility index (Phi) is 8.26. The maximum absolute atomic E-state index is 12.0. The molecule has 0 saturated heterocycles. The number of nitriles is 1. The Balaban J connectivity index is 6.10. The van der Waals surface area contributed by atoms with Crippen LogP contribution in [0.25, 0.3) is 0 Å². The third-order valence-corrected chi connectivity index (χ3v) is 4.50. The van der Waals surface area contributed by atoms with E-state index in [9.17, 15) is 10.1 Å². The topological polar surface area (TPSA) is 50.1 Å². The van der Waals surface area contributed by atoms with Crippen LogP contribution >= 0.6 is 57.1 Å². The van der Waals surface area contributed by atoms with E-state index in [-0.39, 0.29) is 17.8 Å². The first-order valence-corrected chi connectivity index (χ1v) is 8.08. The van der Waals surface area contributed by atoms with Gasteiger partial charge < -0.3 is 4.74 Å². The van der Waals surface area contributed by atoms with Crippen molar-refractivity contribution in [1.29, 1.82) is 5.26 Å². The third kappa shape index (κ3) is 4.99. The van der Waals surface area contributed by atoms with E-state index in [1.165, 1.54) is 12.2 Å². The highest BCUT2D eigenvalue weighted by molar-refractivity contribution is 9.12. The van der Waals surface area contributed by atoms with Gasteiger partial charge in [0.25, 0.3) is 0 Å². The van der Waals surface area contributed by atoms with Gasteiger partial charge in [0.05, 0.1) is 6.61 Å². The van der Waals surface area contributed by atoms with E-state index >= 15 is 0 Å². The monoisotopic (exact) mass is 439 g/mol. The van der Waals surface area contributed by atoms with Crippen LogP contribution in [0.15, 0.2) is 36.5 Å². The van der Waals surface area contributed by atoms with Crippen LogP contribution in [0.3, 0.4) is 0 Å². The maximum atomic E-state index is 12.0. The molecule has 110 valence electrons. The fraction of sp³-hybridized carbons (Fsp3) is 0.385. The molecule has 0 spiro atoms. The quantitative estimate of drug-likeness (QED) is 0.156. The minimum absolute atomic E-state index is 0.197. The van der Waals surface area contributed by atoms with Crippen molar-refractivity contribution in [1.82, 2.24) is 0 Å². The lowest BCUT2D eigenvalue weighted by Crippen LogP contribution is -2.30. The molecule has 0 N–H and O–H groups in total. The van der Waals surface area contributed by atoms with E-state index in [0.717, 1.165) is 0 Å². The summed E-state index contributed by atoms with van der Waals surface area (Å²) in [4.78, 5) is 12.0. The number of ether oxygens (including phenoxy) is 1. The molecule has 20 heavy (non-hydrogen) atoms. The standard InChI is InChI=1S/C13H15Br2NO2S2/c1-4-7-18-11(17)9(8-16)10(12(14,19)5-2)13(15,20)6-3/h5-6,19-20H,2-4,7H2,1H3. The minimum Gasteiger partial charge on any atom is -0.462 e. The Hall–Kier alpha value is -0.160. The molecule has 0 rings (SSSR count). The van der Waals surface area contributed by atoms with Gasteiger partial charge in [-0.3, -0.25) is 0 Å². The molecule has 0 aromatic carbocycles. The molecular weight excluding hydrogens is 426 g/mol. The molecule has 3 nitrogen and oxygen atoms in total. The van der Waals surface area contributed by atoms with Crippen LogP contribution in [-0.2, 0) is 9.53 Å². The molecule has 0 aromatic heterocycles. The third-order valence-electron chi connectivity index (χ3n) is 2.25. The van der Waals surface area contributed by atoms with Crippen molar-refractivity contribution < 1.29 is 9.53 Å². The van der Waals surface area contributed by atoms with Gasteiger partial charge in [-0.15, -0.1) is 13.2 Å². The summed E-state index contributed by atoms with van der Waals surface area (Å²) >= 11 is 15.3. The predicted octanol–water partition coefficient (Wildman–Crippen LogP) is 4.17. The number of hydrogen-bond donors (Lipinski definition) is 2. The van der Waals surface area contributed by atoms with E-state index in [1.54, 1.807) is 0 Å². The lowest BCUT2D eigenvalue weighted by atomic mass is 10.0. The Morgan fingerprint density at radius 2 is 1.80 bits per heavy atom. The first-order valence-electron chi connectivity index (χ1n) is 5.60. The van der Waals surface area contributed by atoms with Gasteiger partial charge in [-0.05, 0) is 6.42 Å². The van der Waals surface area contributed by atoms with Gasteiger partial charge in [-0.25, -0.2) is 4.79 Å². The summed E-state index contributed by atoms with van der Waals surface area (Å²) in [6.07, 6.45) is 3.53. The minimum atomic E-state index is -1.12. The fourth-order valence-corrected chi connectivity index (χ4v) is 3.53. The van der Waals surface area contributed by atoms with Gasteiger partial charge in [0.2, 0.25) is 0 Å². The van der Waals surface area contributed by atoms with Crippen LogP contribution in [0.4, 0.5) is 0 Å². The molecule has 7 heteroatoms. The summed E-state index contributed by atoms with van der Waals surface area (Å²) < 4.78 is 2.76. The van der Waals surface area contributed by atoms with Gasteiger partial charge in [-0.2, -0.15) is 30.5 Å². The molecule has 0 aliphatic carbocycles. The van der Waals surface area contributed by atoms with Crippen LogP contribution < -0.4 is 0 Å². The number of esters is 1. The number of thiol groups is 2. The van der Waals surface area contributed by atoms with Gasteiger partial charge >= 0.3 is 5.97 Å². The van der Waals surface area contributed by atoms with Crippen molar-refractivity contribution in [2.24, 2.45) is 0 Å². The molecular formula is C13H15Br2NO2S2. The number of carbonyl (C=O) groups excluding carboxylic acids is 1. The van der Waals surface area contributed by atoms with Gasteiger partial charge in [-0.1, -0.05) is 50.9 Å². The number of nitrogens with zero attached hydrogens (tertiary/aromatic N) is 1. The second-order valence-corrected chi connectivity index (χ2v) is 8.89. The van der Waals surface area contributed by atoms with E-state index < -0.39 is 13.3 Å². The van der Waals surface area contributed by atoms with Crippen molar-refractivity contribution in [2.45, 2.75) is 20.7 Å². The molecule has 0 aliphatic rings. The number of halogens is 2. The average Bonchev–Trinajstić information content (AvgIpc) is 2.41. The molecule has 0 bridgehead atoms. The molecule has 0 fully saturated rings. The van der Waals surface area contributed by atoms with Crippen molar-refractivity contribution in [2.75, 3.05) is 6.61 Å². The lowest BCUT2D eigenvalue weighted by molar-refractivity contribution is -0.138. The van der Waals surface area contributed by atoms with E-state index in [1.807, 2.05) is 13.0 Å². The average molecular weight is 441 g/mol. The van der Waals surface area contributed by atoms with E-state index in [2.05, 4.69) is 70.3 Å². The SMILES string of the molecule is C=CC(S)(Br)C(=C(C#N)C(=O)OCCC)C(S)(Br)C=C. The first-order chi connectivity index (χ1) is 9.17. The largest absolute Gasteiger partial charge is 0.462 e. The Labute approximate surface area is 147 Å². The molecule has 2 unspecified atom stereocenters. The van der Waals surface area contributed by atoms with Crippen LogP contribution in [0.5, 0.6) is 0 Å². The van der Waals surface area contributed by atoms with Crippen LogP contribution in [0, 0.1) is 11.3 Å². The van der Waals surface area contributed by atoms with Crippen LogP contribution in [0.1, 0.15) is 13.3 Å². The highest BCUT2D eigenvalue weighted by atomic mass is 79.9. The van der Waals surface area contributed by atoms with Gasteiger partial charge in [0.1, 0.15) is 19.0 Å². The second kappa shape index (κ2) is 8.32. The summed E-state index contributed by atoms with van der Waals surface area (Å²) in [5.74, 6) is -0.733. The van der Waals surface area contributed by atoms with E-state index in [0.29, 0.717) is 6.42 Å². The zero-order chi connectivity index (χ0) is 16.0.